The maximum atomic E-state index is 12.5. The van der Waals surface area contributed by atoms with Crippen LogP contribution in [0.1, 0.15) is 12.8 Å². The Morgan fingerprint density at radius 2 is 1.82 bits per heavy atom. The minimum Gasteiger partial charge on any atom is -0.381 e. The first-order valence-corrected chi connectivity index (χ1v) is 8.54. The Balaban J connectivity index is 1.76. The van der Waals surface area contributed by atoms with Gasteiger partial charge in [-0.05, 0) is 31.0 Å². The van der Waals surface area contributed by atoms with Crippen molar-refractivity contribution in [3.63, 3.8) is 0 Å². The number of rotatable bonds is 3. The number of hydrogen-bond donors (Lipinski definition) is 1. The highest BCUT2D eigenvalue weighted by atomic mass is 79.9. The molecule has 22 heavy (non-hydrogen) atoms. The number of amides is 1. The lowest BCUT2D eigenvalue weighted by molar-refractivity contribution is -0.122. The first-order chi connectivity index (χ1) is 10.7. The maximum Gasteiger partial charge on any atom is 0.227 e. The summed E-state index contributed by atoms with van der Waals surface area (Å²) in [5.74, 6) is 0.140. The van der Waals surface area contributed by atoms with E-state index in [4.69, 9.17) is 9.47 Å². The van der Waals surface area contributed by atoms with E-state index in [1.807, 2.05) is 12.1 Å². The van der Waals surface area contributed by atoms with Crippen molar-refractivity contribution < 1.29 is 14.3 Å². The summed E-state index contributed by atoms with van der Waals surface area (Å²) in [5.41, 5.74) is 1.93. The average molecular weight is 369 g/mol. The van der Waals surface area contributed by atoms with Gasteiger partial charge in [-0.1, -0.05) is 15.9 Å². The van der Waals surface area contributed by atoms with Crippen LogP contribution in [-0.4, -0.2) is 45.4 Å². The van der Waals surface area contributed by atoms with Gasteiger partial charge in [0.2, 0.25) is 5.91 Å². The van der Waals surface area contributed by atoms with Gasteiger partial charge in [-0.15, -0.1) is 0 Å². The van der Waals surface area contributed by atoms with Crippen LogP contribution in [0, 0.1) is 5.92 Å². The van der Waals surface area contributed by atoms with Gasteiger partial charge < -0.3 is 19.7 Å². The zero-order valence-corrected chi connectivity index (χ0v) is 14.1. The molecular weight excluding hydrogens is 348 g/mol. The molecule has 0 unspecified atom stereocenters. The van der Waals surface area contributed by atoms with Gasteiger partial charge in [0.05, 0.1) is 24.6 Å². The Bertz CT molecular complexity index is 526. The van der Waals surface area contributed by atoms with E-state index in [0.29, 0.717) is 13.2 Å². The minimum absolute atomic E-state index is 0.0465. The SMILES string of the molecule is O=C(Nc1cc(Br)ccc1N1CCOCC1)C1CCOCC1. The summed E-state index contributed by atoms with van der Waals surface area (Å²) in [6.45, 7) is 4.50. The fraction of sp³-hybridized carbons (Fsp3) is 0.562. The van der Waals surface area contributed by atoms with Gasteiger partial charge in [0.1, 0.15) is 0 Å². The predicted octanol–water partition coefficient (Wildman–Crippen LogP) is 2.65. The van der Waals surface area contributed by atoms with Crippen LogP contribution in [0.2, 0.25) is 0 Å². The van der Waals surface area contributed by atoms with Crippen LogP contribution in [0.25, 0.3) is 0 Å². The normalized spacial score (nSPS) is 20.0. The largest absolute Gasteiger partial charge is 0.381 e. The van der Waals surface area contributed by atoms with E-state index >= 15 is 0 Å². The highest BCUT2D eigenvalue weighted by Crippen LogP contribution is 2.31. The molecule has 120 valence electrons. The van der Waals surface area contributed by atoms with Crippen molar-refractivity contribution in [3.05, 3.63) is 22.7 Å². The quantitative estimate of drug-likeness (QED) is 0.890. The molecule has 0 spiro atoms. The van der Waals surface area contributed by atoms with E-state index in [0.717, 1.165) is 55.0 Å². The second kappa shape index (κ2) is 7.44. The highest BCUT2D eigenvalue weighted by molar-refractivity contribution is 9.10. The predicted molar refractivity (Wildman–Crippen MR) is 89.3 cm³/mol. The monoisotopic (exact) mass is 368 g/mol. The van der Waals surface area contributed by atoms with Crippen molar-refractivity contribution in [2.24, 2.45) is 5.92 Å². The molecule has 6 heteroatoms. The molecule has 0 aliphatic carbocycles. The van der Waals surface area contributed by atoms with E-state index < -0.39 is 0 Å². The number of carbonyl (C=O) groups is 1. The third-order valence-corrected chi connectivity index (χ3v) is 4.65. The van der Waals surface area contributed by atoms with Crippen molar-refractivity contribution in [1.29, 1.82) is 0 Å². The standard InChI is InChI=1S/C16H21BrN2O3/c17-13-1-2-15(19-5-9-22-10-6-19)14(11-13)18-16(20)12-3-7-21-8-4-12/h1-2,11-12H,3-10H2,(H,18,20). The number of hydrogen-bond acceptors (Lipinski definition) is 4. The molecule has 0 bridgehead atoms. The van der Waals surface area contributed by atoms with Crippen LogP contribution in [0.3, 0.4) is 0 Å². The number of morpholine rings is 1. The van der Waals surface area contributed by atoms with Crippen LogP contribution in [0.15, 0.2) is 22.7 Å². The van der Waals surface area contributed by atoms with Gasteiger partial charge in [0, 0.05) is 36.7 Å². The molecule has 2 aliphatic rings. The second-order valence-electron chi connectivity index (χ2n) is 5.64. The summed E-state index contributed by atoms with van der Waals surface area (Å²) >= 11 is 3.49. The molecule has 0 radical (unpaired) electrons. The summed E-state index contributed by atoms with van der Waals surface area (Å²) < 4.78 is 11.7. The number of anilines is 2. The number of benzene rings is 1. The van der Waals surface area contributed by atoms with E-state index in [1.54, 1.807) is 0 Å². The smallest absolute Gasteiger partial charge is 0.227 e. The third kappa shape index (κ3) is 3.80. The minimum atomic E-state index is 0.0465. The first kappa shape index (κ1) is 15.8. The van der Waals surface area contributed by atoms with Gasteiger partial charge in [-0.3, -0.25) is 4.79 Å². The number of ether oxygens (including phenoxy) is 2. The topological polar surface area (TPSA) is 50.8 Å². The van der Waals surface area contributed by atoms with Gasteiger partial charge in [-0.25, -0.2) is 0 Å². The van der Waals surface area contributed by atoms with Crippen LogP contribution < -0.4 is 10.2 Å². The highest BCUT2D eigenvalue weighted by Gasteiger charge is 2.23. The summed E-state index contributed by atoms with van der Waals surface area (Å²) in [6, 6.07) is 6.03. The van der Waals surface area contributed by atoms with Crippen LogP contribution >= 0.6 is 15.9 Å². The van der Waals surface area contributed by atoms with E-state index in [1.165, 1.54) is 0 Å². The Kier molecular flexibility index (Phi) is 5.33. The van der Waals surface area contributed by atoms with Gasteiger partial charge >= 0.3 is 0 Å². The summed E-state index contributed by atoms with van der Waals surface area (Å²) in [7, 11) is 0. The molecular formula is C16H21BrN2O3. The van der Waals surface area contributed by atoms with E-state index in [9.17, 15) is 4.79 Å². The molecule has 2 heterocycles. The molecule has 5 nitrogen and oxygen atoms in total. The second-order valence-corrected chi connectivity index (χ2v) is 6.55. The fourth-order valence-electron chi connectivity index (χ4n) is 2.88. The molecule has 1 aromatic carbocycles. The molecule has 0 saturated carbocycles. The summed E-state index contributed by atoms with van der Waals surface area (Å²) in [6.07, 6.45) is 1.60. The van der Waals surface area contributed by atoms with Crippen molar-refractivity contribution in [1.82, 2.24) is 0 Å². The molecule has 3 rings (SSSR count). The Morgan fingerprint density at radius 1 is 1.14 bits per heavy atom. The molecule has 2 fully saturated rings. The molecule has 2 saturated heterocycles. The zero-order chi connectivity index (χ0) is 15.4. The number of nitrogens with zero attached hydrogens (tertiary/aromatic N) is 1. The van der Waals surface area contributed by atoms with Crippen LogP contribution in [-0.2, 0) is 14.3 Å². The lowest BCUT2D eigenvalue weighted by atomic mass is 9.99. The van der Waals surface area contributed by atoms with E-state index in [2.05, 4.69) is 32.2 Å². The van der Waals surface area contributed by atoms with Gasteiger partial charge in [0.15, 0.2) is 0 Å². The van der Waals surface area contributed by atoms with Crippen LogP contribution in [0.4, 0.5) is 11.4 Å². The van der Waals surface area contributed by atoms with Crippen LogP contribution in [0.5, 0.6) is 0 Å². The average Bonchev–Trinajstić information content (AvgIpc) is 2.56. The van der Waals surface area contributed by atoms with Crippen molar-refractivity contribution in [2.45, 2.75) is 12.8 Å². The molecule has 2 aliphatic heterocycles. The molecule has 0 atom stereocenters. The van der Waals surface area contributed by atoms with Crippen molar-refractivity contribution in [3.8, 4) is 0 Å². The number of halogens is 1. The van der Waals surface area contributed by atoms with Gasteiger partial charge in [0.25, 0.3) is 0 Å². The molecule has 1 N–H and O–H groups in total. The maximum absolute atomic E-state index is 12.5. The molecule has 1 amide bonds. The lowest BCUT2D eigenvalue weighted by Gasteiger charge is -2.31. The third-order valence-electron chi connectivity index (χ3n) is 4.16. The number of nitrogens with one attached hydrogen (secondary N) is 1. The fourth-order valence-corrected chi connectivity index (χ4v) is 3.24. The Hall–Kier alpha value is -1.11. The molecule has 0 aromatic heterocycles. The van der Waals surface area contributed by atoms with Crippen molar-refractivity contribution >= 4 is 33.2 Å². The Morgan fingerprint density at radius 3 is 2.55 bits per heavy atom. The number of carbonyl (C=O) groups excluding carboxylic acids is 1. The lowest BCUT2D eigenvalue weighted by Crippen LogP contribution is -2.37. The first-order valence-electron chi connectivity index (χ1n) is 7.75. The van der Waals surface area contributed by atoms with Gasteiger partial charge in [-0.2, -0.15) is 0 Å². The van der Waals surface area contributed by atoms with Crippen molar-refractivity contribution in [2.75, 3.05) is 49.7 Å². The summed E-state index contributed by atoms with van der Waals surface area (Å²) in [4.78, 5) is 14.7. The summed E-state index contributed by atoms with van der Waals surface area (Å²) in [5, 5.41) is 3.11. The zero-order valence-electron chi connectivity index (χ0n) is 12.5. The molecule has 1 aromatic rings. The van der Waals surface area contributed by atoms with E-state index in [-0.39, 0.29) is 11.8 Å². The Labute approximate surface area is 139 Å².